The Morgan fingerprint density at radius 3 is 2.88 bits per heavy atom. The first-order chi connectivity index (χ1) is 15.6. The molecule has 0 bridgehead atoms. The van der Waals surface area contributed by atoms with Crippen LogP contribution in [0.15, 0.2) is 24.4 Å². The first kappa shape index (κ1) is 22.5. The molecule has 0 spiro atoms. The fraction of sp³-hybridized carbons (Fsp3) is 0.500. The van der Waals surface area contributed by atoms with Gasteiger partial charge in [-0.05, 0) is 31.5 Å². The van der Waals surface area contributed by atoms with E-state index in [2.05, 4.69) is 10.00 Å². The number of carbonyl (C=O) groups is 1. The second-order valence-electron chi connectivity index (χ2n) is 7.55. The van der Waals surface area contributed by atoms with Crippen molar-refractivity contribution in [2.24, 2.45) is 7.05 Å². The van der Waals surface area contributed by atoms with Crippen molar-refractivity contribution in [2.45, 2.75) is 13.3 Å². The van der Waals surface area contributed by atoms with Crippen molar-refractivity contribution in [3.8, 4) is 11.6 Å². The number of thiazole rings is 1. The lowest BCUT2D eigenvalue weighted by atomic mass is 10.2. The number of amides is 1. The third-order valence-corrected chi connectivity index (χ3v) is 6.36. The summed E-state index contributed by atoms with van der Waals surface area (Å²) in [7, 11) is 3.30. The van der Waals surface area contributed by atoms with Gasteiger partial charge >= 0.3 is 0 Å². The second kappa shape index (κ2) is 10.3. The third kappa shape index (κ3) is 5.03. The zero-order chi connectivity index (χ0) is 22.5. The zero-order valence-corrected chi connectivity index (χ0v) is 19.6. The van der Waals surface area contributed by atoms with Crippen LogP contribution >= 0.6 is 11.3 Å². The molecule has 32 heavy (non-hydrogen) atoms. The summed E-state index contributed by atoms with van der Waals surface area (Å²) >= 11 is 1.49. The number of aryl methyl sites for hydroxylation is 1. The highest BCUT2D eigenvalue weighted by atomic mass is 32.1. The lowest BCUT2D eigenvalue weighted by Gasteiger charge is -2.27. The van der Waals surface area contributed by atoms with Gasteiger partial charge in [-0.1, -0.05) is 11.3 Å². The minimum Gasteiger partial charge on any atom is -0.494 e. The fourth-order valence-corrected chi connectivity index (χ4v) is 4.76. The Bertz CT molecular complexity index is 1060. The van der Waals surface area contributed by atoms with Gasteiger partial charge in [0.05, 0.1) is 37.1 Å². The summed E-state index contributed by atoms with van der Waals surface area (Å²) in [6, 6.07) is 5.81. The molecule has 1 aromatic carbocycles. The van der Waals surface area contributed by atoms with E-state index in [1.807, 2.05) is 25.1 Å². The van der Waals surface area contributed by atoms with Crippen LogP contribution in [0.25, 0.3) is 10.2 Å². The van der Waals surface area contributed by atoms with Crippen LogP contribution in [0.2, 0.25) is 0 Å². The number of aromatic nitrogens is 3. The van der Waals surface area contributed by atoms with Gasteiger partial charge < -0.3 is 14.2 Å². The monoisotopic (exact) mass is 459 g/mol. The van der Waals surface area contributed by atoms with Crippen LogP contribution in [0.4, 0.5) is 5.13 Å². The predicted octanol–water partition coefficient (Wildman–Crippen LogP) is 2.81. The number of benzene rings is 1. The number of rotatable bonds is 9. The smallest absolute Gasteiger partial charge is 0.267 e. The molecular formula is C22H29N5O4S. The van der Waals surface area contributed by atoms with Crippen molar-refractivity contribution < 1.29 is 19.0 Å². The molecule has 0 atom stereocenters. The molecular weight excluding hydrogens is 430 g/mol. The first-order valence-electron chi connectivity index (χ1n) is 10.8. The number of ether oxygens (including phenoxy) is 3. The summed E-state index contributed by atoms with van der Waals surface area (Å²) in [5, 5.41) is 4.90. The van der Waals surface area contributed by atoms with Crippen molar-refractivity contribution in [3.05, 3.63) is 30.0 Å². The van der Waals surface area contributed by atoms with E-state index in [0.717, 1.165) is 55.2 Å². The highest BCUT2D eigenvalue weighted by Gasteiger charge is 2.26. The molecule has 4 rings (SSSR count). The van der Waals surface area contributed by atoms with Crippen LogP contribution in [0.5, 0.6) is 11.6 Å². The Labute approximate surface area is 191 Å². The van der Waals surface area contributed by atoms with Crippen molar-refractivity contribution in [2.75, 3.05) is 58.0 Å². The molecule has 1 aliphatic rings. The van der Waals surface area contributed by atoms with E-state index in [1.54, 1.807) is 22.8 Å². The summed E-state index contributed by atoms with van der Waals surface area (Å²) in [6.45, 7) is 7.37. The fourth-order valence-electron chi connectivity index (χ4n) is 3.74. The van der Waals surface area contributed by atoms with Gasteiger partial charge in [-0.2, -0.15) is 0 Å². The SMILES string of the molecule is CCOc1ccc2nc(N(CCCN3CCOCC3)C(=O)c3cn(C)nc3OC)sc2c1. The Kier molecular flexibility index (Phi) is 7.23. The normalized spacial score (nSPS) is 14.6. The van der Waals surface area contributed by atoms with E-state index in [1.165, 1.54) is 18.4 Å². The number of anilines is 1. The minimum absolute atomic E-state index is 0.166. The van der Waals surface area contributed by atoms with E-state index in [0.29, 0.717) is 29.7 Å². The van der Waals surface area contributed by atoms with E-state index in [9.17, 15) is 4.79 Å². The first-order valence-corrected chi connectivity index (χ1v) is 11.6. The molecule has 9 nitrogen and oxygen atoms in total. The van der Waals surface area contributed by atoms with Crippen LogP contribution in [-0.4, -0.2) is 78.7 Å². The average Bonchev–Trinajstić information content (AvgIpc) is 3.40. The zero-order valence-electron chi connectivity index (χ0n) is 18.7. The highest BCUT2D eigenvalue weighted by Crippen LogP contribution is 2.33. The van der Waals surface area contributed by atoms with E-state index in [4.69, 9.17) is 19.2 Å². The second-order valence-corrected chi connectivity index (χ2v) is 8.56. The Morgan fingerprint density at radius 1 is 1.31 bits per heavy atom. The standard InChI is InChI=1S/C22H29N5O4S/c1-4-31-16-6-7-18-19(14-16)32-22(23-18)27(9-5-8-26-10-12-30-13-11-26)21(28)17-15-25(2)24-20(17)29-3/h6-7,14-15H,4-5,8-13H2,1-3H3. The van der Waals surface area contributed by atoms with Gasteiger partial charge in [0.25, 0.3) is 5.91 Å². The van der Waals surface area contributed by atoms with Crippen molar-refractivity contribution in [1.82, 2.24) is 19.7 Å². The van der Waals surface area contributed by atoms with Gasteiger partial charge in [0.15, 0.2) is 5.13 Å². The number of carbonyl (C=O) groups excluding carboxylic acids is 1. The van der Waals surface area contributed by atoms with Gasteiger partial charge in [0, 0.05) is 39.4 Å². The molecule has 0 N–H and O–H groups in total. The molecule has 0 aliphatic carbocycles. The van der Waals surface area contributed by atoms with Gasteiger partial charge in [0.2, 0.25) is 5.88 Å². The molecule has 172 valence electrons. The van der Waals surface area contributed by atoms with Gasteiger partial charge in [0.1, 0.15) is 11.3 Å². The molecule has 3 heterocycles. The lowest BCUT2D eigenvalue weighted by Crippen LogP contribution is -2.39. The number of hydrogen-bond donors (Lipinski definition) is 0. The number of methoxy groups -OCH3 is 1. The minimum atomic E-state index is -0.166. The Morgan fingerprint density at radius 2 is 2.12 bits per heavy atom. The number of hydrogen-bond acceptors (Lipinski definition) is 8. The molecule has 10 heteroatoms. The summed E-state index contributed by atoms with van der Waals surface area (Å²) in [5.41, 5.74) is 1.27. The number of morpholine rings is 1. The molecule has 3 aromatic rings. The molecule has 0 unspecified atom stereocenters. The van der Waals surface area contributed by atoms with Crippen LogP contribution in [0, 0.1) is 0 Å². The van der Waals surface area contributed by atoms with Crippen molar-refractivity contribution in [1.29, 1.82) is 0 Å². The molecule has 1 fully saturated rings. The van der Waals surface area contributed by atoms with Gasteiger partial charge in [-0.15, -0.1) is 5.10 Å². The molecule has 2 aromatic heterocycles. The van der Waals surface area contributed by atoms with Gasteiger partial charge in [-0.3, -0.25) is 19.3 Å². The maximum Gasteiger partial charge on any atom is 0.267 e. The van der Waals surface area contributed by atoms with Gasteiger partial charge in [-0.25, -0.2) is 4.98 Å². The summed E-state index contributed by atoms with van der Waals surface area (Å²) in [5.74, 6) is 0.950. The van der Waals surface area contributed by atoms with Crippen LogP contribution in [0.1, 0.15) is 23.7 Å². The van der Waals surface area contributed by atoms with E-state index >= 15 is 0 Å². The van der Waals surface area contributed by atoms with E-state index < -0.39 is 0 Å². The highest BCUT2D eigenvalue weighted by molar-refractivity contribution is 7.22. The molecule has 1 amide bonds. The topological polar surface area (TPSA) is 82.0 Å². The average molecular weight is 460 g/mol. The molecule has 1 aliphatic heterocycles. The summed E-state index contributed by atoms with van der Waals surface area (Å²) < 4.78 is 19.0. The molecule has 0 radical (unpaired) electrons. The van der Waals surface area contributed by atoms with Crippen LogP contribution < -0.4 is 14.4 Å². The number of fused-ring (bicyclic) bond motifs is 1. The predicted molar refractivity (Wildman–Crippen MR) is 124 cm³/mol. The quantitative estimate of drug-likeness (QED) is 0.487. The van der Waals surface area contributed by atoms with E-state index in [-0.39, 0.29) is 5.91 Å². The Balaban J connectivity index is 1.60. The Hall–Kier alpha value is -2.69. The van der Waals surface area contributed by atoms with Crippen LogP contribution in [0.3, 0.4) is 0 Å². The summed E-state index contributed by atoms with van der Waals surface area (Å²) in [4.78, 5) is 22.4. The largest absolute Gasteiger partial charge is 0.494 e. The lowest BCUT2D eigenvalue weighted by molar-refractivity contribution is 0.0376. The maximum absolute atomic E-state index is 13.6. The van der Waals surface area contributed by atoms with Crippen molar-refractivity contribution >= 4 is 32.6 Å². The summed E-state index contributed by atoms with van der Waals surface area (Å²) in [6.07, 6.45) is 2.52. The molecule has 1 saturated heterocycles. The van der Waals surface area contributed by atoms with Crippen LogP contribution in [-0.2, 0) is 11.8 Å². The molecule has 0 saturated carbocycles. The third-order valence-electron chi connectivity index (χ3n) is 5.31. The van der Waals surface area contributed by atoms with Crippen molar-refractivity contribution in [3.63, 3.8) is 0 Å². The number of nitrogens with zero attached hydrogens (tertiary/aromatic N) is 5. The maximum atomic E-state index is 13.6.